The van der Waals surface area contributed by atoms with Gasteiger partial charge in [-0.2, -0.15) is 0 Å². The molecule has 2 N–H and O–H groups in total. The Bertz CT molecular complexity index is 616. The van der Waals surface area contributed by atoms with E-state index in [9.17, 15) is 0 Å². The molecular weight excluding hydrogens is 304 g/mol. The number of aryl methyl sites for hydroxylation is 1. The van der Waals surface area contributed by atoms with E-state index >= 15 is 0 Å². The Morgan fingerprint density at radius 3 is 2.65 bits per heavy atom. The largest absolute Gasteiger partial charge is 0.374 e. The fraction of sp³-hybridized carbons (Fsp3) is 0.316. The van der Waals surface area contributed by atoms with Gasteiger partial charge in [0.15, 0.2) is 5.11 Å². The molecule has 2 aromatic rings. The van der Waals surface area contributed by atoms with Gasteiger partial charge < -0.3 is 15.4 Å². The second-order valence-electron chi connectivity index (χ2n) is 5.53. The van der Waals surface area contributed by atoms with Crippen molar-refractivity contribution < 1.29 is 4.74 Å². The zero-order chi connectivity index (χ0) is 16.5. The Labute approximate surface area is 144 Å². The van der Waals surface area contributed by atoms with Crippen LogP contribution in [0.25, 0.3) is 0 Å². The molecule has 0 bridgehead atoms. The smallest absolute Gasteiger partial charge is 0.170 e. The predicted octanol–water partition coefficient (Wildman–Crippen LogP) is 4.45. The third-order valence-electron chi connectivity index (χ3n) is 3.52. The van der Waals surface area contributed by atoms with Crippen molar-refractivity contribution >= 4 is 23.0 Å². The fourth-order valence-electron chi connectivity index (χ4n) is 2.25. The van der Waals surface area contributed by atoms with Gasteiger partial charge in [0.2, 0.25) is 0 Å². The van der Waals surface area contributed by atoms with Crippen molar-refractivity contribution in [1.82, 2.24) is 5.32 Å². The lowest BCUT2D eigenvalue weighted by Gasteiger charge is -2.14. The average molecular weight is 328 g/mol. The zero-order valence-electron chi connectivity index (χ0n) is 13.7. The number of nitrogens with one attached hydrogen (secondary N) is 2. The van der Waals surface area contributed by atoms with Crippen molar-refractivity contribution in [3.63, 3.8) is 0 Å². The Kier molecular flexibility index (Phi) is 7.04. The van der Waals surface area contributed by atoms with Crippen molar-refractivity contribution in [1.29, 1.82) is 0 Å². The molecule has 23 heavy (non-hydrogen) atoms. The summed E-state index contributed by atoms with van der Waals surface area (Å²) >= 11 is 5.29. The molecule has 3 nitrogen and oxygen atoms in total. The van der Waals surface area contributed by atoms with Crippen LogP contribution in [0.15, 0.2) is 54.6 Å². The van der Waals surface area contributed by atoms with Crippen LogP contribution in [0.5, 0.6) is 0 Å². The molecule has 0 fully saturated rings. The molecule has 0 aliphatic heterocycles. The Hall–Kier alpha value is -1.91. The van der Waals surface area contributed by atoms with Crippen LogP contribution in [0.2, 0.25) is 0 Å². The van der Waals surface area contributed by atoms with E-state index in [1.807, 2.05) is 30.3 Å². The van der Waals surface area contributed by atoms with E-state index < -0.39 is 0 Å². The number of ether oxygens (including phenoxy) is 1. The molecular formula is C19H24N2OS. The molecule has 4 heteroatoms. The van der Waals surface area contributed by atoms with Crippen LogP contribution in [0.1, 0.15) is 30.6 Å². The number of anilines is 1. The van der Waals surface area contributed by atoms with E-state index in [4.69, 9.17) is 17.0 Å². The Morgan fingerprint density at radius 2 is 1.91 bits per heavy atom. The minimum Gasteiger partial charge on any atom is -0.374 e. The quantitative estimate of drug-likeness (QED) is 0.581. The topological polar surface area (TPSA) is 33.3 Å². The molecule has 0 radical (unpaired) electrons. The van der Waals surface area contributed by atoms with Gasteiger partial charge in [0.1, 0.15) is 0 Å². The van der Waals surface area contributed by atoms with Crippen LogP contribution in [0.3, 0.4) is 0 Å². The molecule has 0 saturated carbocycles. The van der Waals surface area contributed by atoms with E-state index in [1.165, 1.54) is 11.1 Å². The number of thiocarbonyl (C=S) groups is 1. The summed E-state index contributed by atoms with van der Waals surface area (Å²) in [5.74, 6) is 0. The number of hydrogen-bond acceptors (Lipinski definition) is 2. The van der Waals surface area contributed by atoms with Gasteiger partial charge in [-0.05, 0) is 55.7 Å². The predicted molar refractivity (Wildman–Crippen MR) is 101 cm³/mol. The van der Waals surface area contributed by atoms with Crippen LogP contribution < -0.4 is 10.6 Å². The van der Waals surface area contributed by atoms with Crippen molar-refractivity contribution in [2.75, 3.05) is 18.5 Å². The highest BCUT2D eigenvalue weighted by Crippen LogP contribution is 2.15. The molecule has 0 heterocycles. The summed E-state index contributed by atoms with van der Waals surface area (Å²) in [6.07, 6.45) is 1.03. The third-order valence-corrected chi connectivity index (χ3v) is 3.77. The number of benzene rings is 2. The third kappa shape index (κ3) is 6.38. The van der Waals surface area contributed by atoms with Crippen LogP contribution in [0, 0.1) is 6.92 Å². The standard InChI is InChI=1S/C19H24N2OS/c1-15-8-6-11-18(14-15)21-19(23)20-12-7-13-22-16(2)17-9-4-3-5-10-17/h3-6,8-11,14,16H,7,12-13H2,1-2H3,(H2,20,21,23)/t16-/m1/s1. The number of rotatable bonds is 7. The van der Waals surface area contributed by atoms with E-state index in [1.54, 1.807) is 0 Å². The molecule has 0 unspecified atom stereocenters. The van der Waals surface area contributed by atoms with Crippen LogP contribution >= 0.6 is 12.2 Å². The lowest BCUT2D eigenvalue weighted by atomic mass is 10.1. The fourth-order valence-corrected chi connectivity index (χ4v) is 2.47. The summed E-state index contributed by atoms with van der Waals surface area (Å²) in [7, 11) is 0. The van der Waals surface area contributed by atoms with Crippen LogP contribution in [0.4, 0.5) is 5.69 Å². The first-order valence-electron chi connectivity index (χ1n) is 7.93. The molecule has 2 aromatic carbocycles. The lowest BCUT2D eigenvalue weighted by Crippen LogP contribution is -2.29. The second kappa shape index (κ2) is 9.28. The minimum atomic E-state index is 0.119. The Morgan fingerprint density at radius 1 is 1.13 bits per heavy atom. The maximum Gasteiger partial charge on any atom is 0.170 e. The molecule has 0 aliphatic carbocycles. The summed E-state index contributed by atoms with van der Waals surface area (Å²) in [6, 6.07) is 18.4. The Balaban J connectivity index is 1.61. The second-order valence-corrected chi connectivity index (χ2v) is 5.94. The van der Waals surface area contributed by atoms with Gasteiger partial charge in [-0.1, -0.05) is 42.5 Å². The zero-order valence-corrected chi connectivity index (χ0v) is 14.5. The maximum atomic E-state index is 5.84. The van der Waals surface area contributed by atoms with E-state index in [2.05, 4.69) is 48.7 Å². The number of hydrogen-bond donors (Lipinski definition) is 2. The van der Waals surface area contributed by atoms with Gasteiger partial charge in [0.05, 0.1) is 6.10 Å². The molecule has 1 atom stereocenters. The van der Waals surface area contributed by atoms with Gasteiger partial charge in [-0.25, -0.2) is 0 Å². The van der Waals surface area contributed by atoms with Gasteiger partial charge in [-0.15, -0.1) is 0 Å². The summed E-state index contributed by atoms with van der Waals surface area (Å²) < 4.78 is 5.84. The van der Waals surface area contributed by atoms with Gasteiger partial charge in [0, 0.05) is 18.8 Å². The molecule has 0 spiro atoms. The molecule has 0 aliphatic rings. The summed E-state index contributed by atoms with van der Waals surface area (Å²) in [5, 5.41) is 7.04. The normalized spacial score (nSPS) is 11.7. The van der Waals surface area contributed by atoms with Crippen molar-refractivity contribution in [2.45, 2.75) is 26.4 Å². The van der Waals surface area contributed by atoms with E-state index in [-0.39, 0.29) is 6.10 Å². The first kappa shape index (κ1) is 17.4. The molecule has 0 saturated heterocycles. The first-order valence-corrected chi connectivity index (χ1v) is 8.34. The van der Waals surface area contributed by atoms with Crippen molar-refractivity contribution in [3.8, 4) is 0 Å². The van der Waals surface area contributed by atoms with Crippen LogP contribution in [-0.2, 0) is 4.74 Å². The van der Waals surface area contributed by atoms with Crippen molar-refractivity contribution in [2.24, 2.45) is 0 Å². The van der Waals surface area contributed by atoms with Gasteiger partial charge in [-0.3, -0.25) is 0 Å². The van der Waals surface area contributed by atoms with Gasteiger partial charge in [0.25, 0.3) is 0 Å². The maximum absolute atomic E-state index is 5.84. The monoisotopic (exact) mass is 328 g/mol. The first-order chi connectivity index (χ1) is 11.1. The van der Waals surface area contributed by atoms with Crippen LogP contribution in [-0.4, -0.2) is 18.3 Å². The average Bonchev–Trinajstić information content (AvgIpc) is 2.55. The molecule has 2 rings (SSSR count). The lowest BCUT2D eigenvalue weighted by molar-refractivity contribution is 0.0646. The highest BCUT2D eigenvalue weighted by atomic mass is 32.1. The van der Waals surface area contributed by atoms with Gasteiger partial charge >= 0.3 is 0 Å². The minimum absolute atomic E-state index is 0.119. The molecule has 122 valence electrons. The highest BCUT2D eigenvalue weighted by molar-refractivity contribution is 7.80. The van der Waals surface area contributed by atoms with E-state index in [0.29, 0.717) is 11.7 Å². The summed E-state index contributed by atoms with van der Waals surface area (Å²) in [5.41, 5.74) is 3.43. The van der Waals surface area contributed by atoms with E-state index in [0.717, 1.165) is 18.7 Å². The SMILES string of the molecule is Cc1cccc(NC(=S)NCCCO[C@H](C)c2ccccc2)c1. The summed E-state index contributed by atoms with van der Waals surface area (Å²) in [6.45, 7) is 5.63. The molecule has 0 amide bonds. The summed E-state index contributed by atoms with van der Waals surface area (Å²) in [4.78, 5) is 0. The molecule has 0 aromatic heterocycles. The van der Waals surface area contributed by atoms with Crippen molar-refractivity contribution in [3.05, 3.63) is 65.7 Å². The highest BCUT2D eigenvalue weighted by Gasteiger charge is 2.04.